The van der Waals surface area contributed by atoms with Crippen LogP contribution in [0.2, 0.25) is 0 Å². The van der Waals surface area contributed by atoms with Crippen LogP contribution in [-0.2, 0) is 11.3 Å². The van der Waals surface area contributed by atoms with Gasteiger partial charge in [0.25, 0.3) is 0 Å². The molecular weight excluding hydrogens is 340 g/mol. The van der Waals surface area contributed by atoms with Gasteiger partial charge in [-0.25, -0.2) is 4.99 Å². The molecule has 0 atom stereocenters. The van der Waals surface area contributed by atoms with Crippen LogP contribution < -0.4 is 20.7 Å². The van der Waals surface area contributed by atoms with Crippen LogP contribution in [-0.4, -0.2) is 37.1 Å². The SMILES string of the molecule is CCNC(=NCc1ccc(C)cc1OC(C)C)NCCCC(=O)NC1CC1. The average molecular weight is 375 g/mol. The van der Waals surface area contributed by atoms with E-state index in [4.69, 9.17) is 4.74 Å². The van der Waals surface area contributed by atoms with Crippen molar-refractivity contribution in [2.24, 2.45) is 4.99 Å². The van der Waals surface area contributed by atoms with Gasteiger partial charge in [-0.1, -0.05) is 12.1 Å². The molecule has 0 heterocycles. The highest BCUT2D eigenvalue weighted by Gasteiger charge is 2.22. The summed E-state index contributed by atoms with van der Waals surface area (Å²) in [7, 11) is 0. The van der Waals surface area contributed by atoms with E-state index in [2.05, 4.69) is 46.1 Å². The second-order valence-corrected chi connectivity index (χ2v) is 7.35. The number of hydrogen-bond donors (Lipinski definition) is 3. The first-order valence-corrected chi connectivity index (χ1v) is 10.1. The van der Waals surface area contributed by atoms with Crippen molar-refractivity contribution in [3.8, 4) is 5.75 Å². The monoisotopic (exact) mass is 374 g/mol. The Morgan fingerprint density at radius 3 is 2.74 bits per heavy atom. The third-order valence-corrected chi connectivity index (χ3v) is 4.15. The minimum atomic E-state index is 0.127. The molecule has 6 heteroatoms. The van der Waals surface area contributed by atoms with Crippen molar-refractivity contribution in [3.63, 3.8) is 0 Å². The second kappa shape index (κ2) is 10.8. The first kappa shape index (κ1) is 21.1. The number of rotatable bonds is 10. The molecule has 6 nitrogen and oxygen atoms in total. The molecule has 27 heavy (non-hydrogen) atoms. The summed E-state index contributed by atoms with van der Waals surface area (Å²) in [5.41, 5.74) is 2.24. The third-order valence-electron chi connectivity index (χ3n) is 4.15. The molecule has 150 valence electrons. The van der Waals surface area contributed by atoms with Gasteiger partial charge >= 0.3 is 0 Å². The van der Waals surface area contributed by atoms with Gasteiger partial charge in [0.1, 0.15) is 5.75 Å². The Morgan fingerprint density at radius 2 is 2.07 bits per heavy atom. The number of carbonyl (C=O) groups is 1. The molecule has 1 aliphatic carbocycles. The fourth-order valence-electron chi connectivity index (χ4n) is 2.65. The molecule has 0 bridgehead atoms. The molecule has 0 aliphatic heterocycles. The molecule has 1 saturated carbocycles. The van der Waals surface area contributed by atoms with E-state index in [9.17, 15) is 4.79 Å². The topological polar surface area (TPSA) is 74.8 Å². The molecule has 0 aromatic heterocycles. The summed E-state index contributed by atoms with van der Waals surface area (Å²) < 4.78 is 5.93. The fourth-order valence-corrected chi connectivity index (χ4v) is 2.65. The molecule has 1 aliphatic rings. The zero-order valence-corrected chi connectivity index (χ0v) is 17.1. The number of benzene rings is 1. The predicted octanol–water partition coefficient (Wildman–Crippen LogP) is 2.90. The van der Waals surface area contributed by atoms with Crippen LogP contribution in [0.15, 0.2) is 23.2 Å². The van der Waals surface area contributed by atoms with E-state index >= 15 is 0 Å². The number of carbonyl (C=O) groups excluding carboxylic acids is 1. The van der Waals surface area contributed by atoms with Crippen molar-refractivity contribution >= 4 is 11.9 Å². The van der Waals surface area contributed by atoms with Gasteiger partial charge in [-0.05, 0) is 58.6 Å². The Balaban J connectivity index is 1.85. The molecule has 3 N–H and O–H groups in total. The van der Waals surface area contributed by atoms with Crippen LogP contribution in [0.3, 0.4) is 0 Å². The van der Waals surface area contributed by atoms with Crippen LogP contribution >= 0.6 is 0 Å². The van der Waals surface area contributed by atoms with Crippen LogP contribution in [0.1, 0.15) is 57.6 Å². The van der Waals surface area contributed by atoms with Crippen molar-refractivity contribution < 1.29 is 9.53 Å². The number of amides is 1. The summed E-state index contributed by atoms with van der Waals surface area (Å²) in [5.74, 6) is 1.80. The third kappa shape index (κ3) is 8.33. The van der Waals surface area contributed by atoms with E-state index in [0.29, 0.717) is 25.6 Å². The van der Waals surface area contributed by atoms with Gasteiger partial charge in [0, 0.05) is 31.1 Å². The van der Waals surface area contributed by atoms with Crippen molar-refractivity contribution in [1.29, 1.82) is 0 Å². The van der Waals surface area contributed by atoms with Gasteiger partial charge in [-0.15, -0.1) is 0 Å². The Kier molecular flexibility index (Phi) is 8.43. The lowest BCUT2D eigenvalue weighted by molar-refractivity contribution is -0.121. The number of aryl methyl sites for hydroxylation is 1. The smallest absolute Gasteiger partial charge is 0.220 e. The number of nitrogens with zero attached hydrogens (tertiary/aromatic N) is 1. The predicted molar refractivity (Wildman–Crippen MR) is 110 cm³/mol. The zero-order chi connectivity index (χ0) is 19.6. The molecule has 1 amide bonds. The van der Waals surface area contributed by atoms with E-state index < -0.39 is 0 Å². The van der Waals surface area contributed by atoms with E-state index in [0.717, 1.165) is 43.1 Å². The molecule has 2 rings (SSSR count). The van der Waals surface area contributed by atoms with E-state index in [-0.39, 0.29) is 12.0 Å². The highest BCUT2D eigenvalue weighted by Crippen LogP contribution is 2.22. The number of ether oxygens (including phenoxy) is 1. The highest BCUT2D eigenvalue weighted by molar-refractivity contribution is 5.80. The molecule has 1 aromatic carbocycles. The average Bonchev–Trinajstić information content (AvgIpc) is 3.41. The lowest BCUT2D eigenvalue weighted by Gasteiger charge is -2.15. The lowest BCUT2D eigenvalue weighted by atomic mass is 10.1. The van der Waals surface area contributed by atoms with Crippen molar-refractivity contribution in [2.75, 3.05) is 13.1 Å². The largest absolute Gasteiger partial charge is 0.491 e. The summed E-state index contributed by atoms with van der Waals surface area (Å²) in [6.07, 6.45) is 3.72. The Bertz CT molecular complexity index is 639. The summed E-state index contributed by atoms with van der Waals surface area (Å²) >= 11 is 0. The quantitative estimate of drug-likeness (QED) is 0.334. The van der Waals surface area contributed by atoms with Gasteiger partial charge in [0.05, 0.1) is 12.6 Å². The normalized spacial score (nSPS) is 14.2. The first-order valence-electron chi connectivity index (χ1n) is 10.1. The van der Waals surface area contributed by atoms with E-state index in [1.165, 1.54) is 5.56 Å². The van der Waals surface area contributed by atoms with Crippen LogP contribution in [0.5, 0.6) is 5.75 Å². The maximum atomic E-state index is 11.7. The second-order valence-electron chi connectivity index (χ2n) is 7.35. The van der Waals surface area contributed by atoms with Gasteiger partial charge < -0.3 is 20.7 Å². The minimum Gasteiger partial charge on any atom is -0.491 e. The number of hydrogen-bond acceptors (Lipinski definition) is 3. The Morgan fingerprint density at radius 1 is 1.30 bits per heavy atom. The zero-order valence-electron chi connectivity index (χ0n) is 17.1. The van der Waals surface area contributed by atoms with E-state index in [1.807, 2.05) is 20.8 Å². The maximum absolute atomic E-state index is 11.7. The maximum Gasteiger partial charge on any atom is 0.220 e. The summed E-state index contributed by atoms with van der Waals surface area (Å²) in [5, 5.41) is 9.57. The van der Waals surface area contributed by atoms with Crippen molar-refractivity contribution in [1.82, 2.24) is 16.0 Å². The van der Waals surface area contributed by atoms with E-state index in [1.54, 1.807) is 0 Å². The van der Waals surface area contributed by atoms with Gasteiger partial charge in [0.2, 0.25) is 5.91 Å². The number of guanidine groups is 1. The summed E-state index contributed by atoms with van der Waals surface area (Å²) in [4.78, 5) is 16.4. The first-order chi connectivity index (χ1) is 13.0. The molecule has 1 aromatic rings. The highest BCUT2D eigenvalue weighted by atomic mass is 16.5. The van der Waals surface area contributed by atoms with Crippen LogP contribution in [0.4, 0.5) is 0 Å². The molecule has 0 radical (unpaired) electrons. The number of aliphatic imine (C=N–C) groups is 1. The van der Waals surface area contributed by atoms with Crippen LogP contribution in [0, 0.1) is 6.92 Å². The Hall–Kier alpha value is -2.24. The van der Waals surface area contributed by atoms with Crippen molar-refractivity contribution in [2.45, 2.75) is 72.1 Å². The fraction of sp³-hybridized carbons (Fsp3) is 0.619. The van der Waals surface area contributed by atoms with Gasteiger partial charge in [-0.3, -0.25) is 4.79 Å². The number of nitrogens with one attached hydrogen (secondary N) is 3. The molecule has 0 unspecified atom stereocenters. The minimum absolute atomic E-state index is 0.127. The van der Waals surface area contributed by atoms with Crippen molar-refractivity contribution in [3.05, 3.63) is 29.3 Å². The van der Waals surface area contributed by atoms with Gasteiger partial charge in [-0.2, -0.15) is 0 Å². The lowest BCUT2D eigenvalue weighted by Crippen LogP contribution is -2.38. The van der Waals surface area contributed by atoms with Crippen LogP contribution in [0.25, 0.3) is 0 Å². The molecular formula is C21H34N4O2. The summed E-state index contributed by atoms with van der Waals surface area (Å²) in [6, 6.07) is 6.64. The molecule has 0 spiro atoms. The molecule has 0 saturated heterocycles. The molecule has 1 fully saturated rings. The standard InChI is InChI=1S/C21H34N4O2/c1-5-22-21(23-12-6-7-20(26)25-18-10-11-18)24-14-17-9-8-16(4)13-19(17)27-15(2)3/h8-9,13,15,18H,5-7,10-12,14H2,1-4H3,(H,25,26)(H2,22,23,24). The summed E-state index contributed by atoms with van der Waals surface area (Å²) in [6.45, 7) is 10.2. The Labute approximate surface area is 163 Å². The van der Waals surface area contributed by atoms with Gasteiger partial charge in [0.15, 0.2) is 5.96 Å².